The molecular weight excluding hydrogens is 554 g/mol. The Morgan fingerprint density at radius 1 is 0.952 bits per heavy atom. The summed E-state index contributed by atoms with van der Waals surface area (Å²) in [7, 11) is -3.61. The van der Waals surface area contributed by atoms with E-state index in [1.54, 1.807) is 18.2 Å². The molecule has 0 radical (unpaired) electrons. The third-order valence-corrected chi connectivity index (χ3v) is 9.87. The van der Waals surface area contributed by atoms with Crippen molar-refractivity contribution in [2.75, 3.05) is 44.7 Å². The van der Waals surface area contributed by atoms with E-state index in [4.69, 9.17) is 13.9 Å². The first-order valence-electron chi connectivity index (χ1n) is 14.9. The van der Waals surface area contributed by atoms with Crippen LogP contribution in [0, 0.1) is 0 Å². The fraction of sp³-hybridized carbons (Fsp3) is 0.452. The molecule has 42 heavy (non-hydrogen) atoms. The fourth-order valence-corrected chi connectivity index (χ4v) is 7.57. The third kappa shape index (κ3) is 5.86. The second-order valence-electron chi connectivity index (χ2n) is 10.8. The third-order valence-electron chi connectivity index (χ3n) is 7.95. The van der Waals surface area contributed by atoms with Gasteiger partial charge >= 0.3 is 0 Å². The number of nitrogens with one attached hydrogen (secondary N) is 1. The lowest BCUT2D eigenvalue weighted by Gasteiger charge is -2.32. The van der Waals surface area contributed by atoms with E-state index in [9.17, 15) is 8.42 Å². The number of hydrogen-bond acceptors (Lipinski definition) is 8. The number of ether oxygens (including phenoxy) is 2. The van der Waals surface area contributed by atoms with Gasteiger partial charge in [-0.25, -0.2) is 8.42 Å². The van der Waals surface area contributed by atoms with Crippen LogP contribution in [0.4, 0.5) is 6.01 Å². The average Bonchev–Trinajstić information content (AvgIpc) is 3.77. The molecule has 10 nitrogen and oxygen atoms in total. The van der Waals surface area contributed by atoms with Crippen LogP contribution < -0.4 is 14.8 Å². The van der Waals surface area contributed by atoms with Crippen molar-refractivity contribution in [2.45, 2.75) is 57.0 Å². The number of anilines is 1. The van der Waals surface area contributed by atoms with E-state index < -0.39 is 10.0 Å². The topological polar surface area (TPSA) is 102 Å². The van der Waals surface area contributed by atoms with Gasteiger partial charge in [-0.1, -0.05) is 6.07 Å². The van der Waals surface area contributed by atoms with Crippen molar-refractivity contribution in [1.82, 2.24) is 18.8 Å². The van der Waals surface area contributed by atoms with Gasteiger partial charge in [-0.05, 0) is 81.5 Å². The summed E-state index contributed by atoms with van der Waals surface area (Å²) in [5.74, 6) is 1.63. The van der Waals surface area contributed by atoms with Gasteiger partial charge in [0.05, 0.1) is 13.2 Å². The molecule has 2 aliphatic heterocycles. The van der Waals surface area contributed by atoms with Crippen molar-refractivity contribution >= 4 is 27.1 Å². The maximum atomic E-state index is 13.2. The van der Waals surface area contributed by atoms with Crippen LogP contribution in [0.1, 0.15) is 45.1 Å². The smallest absolute Gasteiger partial charge is 0.295 e. The lowest BCUT2D eigenvalue weighted by Crippen LogP contribution is -2.38. The lowest BCUT2D eigenvalue weighted by molar-refractivity contribution is 0.209. The molecule has 1 N–H and O–H groups in total. The summed E-state index contributed by atoms with van der Waals surface area (Å²) in [6, 6.07) is 13.9. The molecular formula is C31H39N5O5S. The van der Waals surface area contributed by atoms with E-state index in [-0.39, 0.29) is 10.9 Å². The summed E-state index contributed by atoms with van der Waals surface area (Å²) in [5.41, 5.74) is 2.94. The average molecular weight is 594 g/mol. The van der Waals surface area contributed by atoms with Crippen LogP contribution in [0.5, 0.6) is 11.5 Å². The number of oxazole rings is 1. The minimum atomic E-state index is -3.61. The summed E-state index contributed by atoms with van der Waals surface area (Å²) < 4.78 is 48.1. The molecule has 2 fully saturated rings. The fourth-order valence-electron chi connectivity index (χ4n) is 5.92. The van der Waals surface area contributed by atoms with E-state index in [0.717, 1.165) is 68.1 Å². The van der Waals surface area contributed by atoms with Gasteiger partial charge in [0.25, 0.3) is 6.01 Å². The van der Waals surface area contributed by atoms with Gasteiger partial charge in [-0.3, -0.25) is 4.90 Å². The number of benzene rings is 2. The number of rotatable bonds is 11. The summed E-state index contributed by atoms with van der Waals surface area (Å²) >= 11 is 0. The number of aromatic nitrogens is 2. The molecule has 0 unspecified atom stereocenters. The van der Waals surface area contributed by atoms with E-state index in [1.165, 1.54) is 4.31 Å². The Hall–Kier alpha value is -3.54. The van der Waals surface area contributed by atoms with Crippen molar-refractivity contribution in [2.24, 2.45) is 0 Å². The van der Waals surface area contributed by atoms with E-state index in [2.05, 4.69) is 27.3 Å². The number of hydrogen-bond donors (Lipinski definition) is 1. The first-order chi connectivity index (χ1) is 20.5. The van der Waals surface area contributed by atoms with Gasteiger partial charge < -0.3 is 23.8 Å². The van der Waals surface area contributed by atoms with Crippen LogP contribution in [-0.4, -0.2) is 72.6 Å². The standard InChI is InChI=1S/C31H39N5O5S/c1-3-39-26-20-23(21-27(40-4-2)29(26)35-14-5-6-15-35)22-34-18-12-24(13-19-34)32-31-33-25-10-9-11-28(30(25)41-31)42(37,38)36-16-7-8-17-36/h5-6,9-11,14-15,20-21,24H,3-4,7-8,12-13,16-19,22H2,1-2H3,(H,32,33). The minimum absolute atomic E-state index is 0.182. The van der Waals surface area contributed by atoms with Crippen LogP contribution in [0.3, 0.4) is 0 Å². The molecule has 0 saturated carbocycles. The quantitative estimate of drug-likeness (QED) is 0.251. The Bertz CT molecular complexity index is 1580. The predicted molar refractivity (Wildman–Crippen MR) is 162 cm³/mol. The monoisotopic (exact) mass is 593 g/mol. The van der Waals surface area contributed by atoms with Gasteiger partial charge in [0.1, 0.15) is 27.6 Å². The molecule has 224 valence electrons. The Morgan fingerprint density at radius 3 is 2.26 bits per heavy atom. The Balaban J connectivity index is 1.13. The number of piperidine rings is 1. The zero-order chi connectivity index (χ0) is 29.1. The Kier molecular flexibility index (Phi) is 8.41. The highest BCUT2D eigenvalue weighted by Crippen LogP contribution is 2.36. The Labute approximate surface area is 247 Å². The molecule has 2 aromatic heterocycles. The van der Waals surface area contributed by atoms with Crippen LogP contribution in [-0.2, 0) is 16.6 Å². The summed E-state index contributed by atoms with van der Waals surface area (Å²) in [6.45, 7) is 8.83. The van der Waals surface area contributed by atoms with Crippen LogP contribution in [0.25, 0.3) is 16.8 Å². The SMILES string of the molecule is CCOc1cc(CN2CCC(Nc3nc4cccc(S(=O)(=O)N5CCCC5)c4o3)CC2)cc(OCC)c1-n1cccc1. The first kappa shape index (κ1) is 28.6. The van der Waals surface area contributed by atoms with Gasteiger partial charge in [0.15, 0.2) is 5.58 Å². The van der Waals surface area contributed by atoms with E-state index in [0.29, 0.717) is 43.4 Å². The molecule has 2 aliphatic rings. The zero-order valence-electron chi connectivity index (χ0n) is 24.3. The van der Waals surface area contributed by atoms with Gasteiger partial charge in [-0.15, -0.1) is 0 Å². The van der Waals surface area contributed by atoms with Crippen LogP contribution in [0.2, 0.25) is 0 Å². The van der Waals surface area contributed by atoms with Crippen LogP contribution in [0.15, 0.2) is 64.2 Å². The number of para-hydroxylation sites is 1. The number of likely N-dealkylation sites (tertiary alicyclic amines) is 1. The zero-order valence-corrected chi connectivity index (χ0v) is 25.1. The van der Waals surface area contributed by atoms with Crippen molar-refractivity contribution in [3.05, 3.63) is 60.4 Å². The normalized spacial score (nSPS) is 17.2. The summed E-state index contributed by atoms with van der Waals surface area (Å²) in [6.07, 6.45) is 7.60. The molecule has 0 aliphatic carbocycles. The molecule has 11 heteroatoms. The van der Waals surface area contributed by atoms with Crippen molar-refractivity contribution in [3.63, 3.8) is 0 Å². The molecule has 6 rings (SSSR count). The van der Waals surface area contributed by atoms with Gasteiger partial charge in [0, 0.05) is 51.2 Å². The largest absolute Gasteiger partial charge is 0.492 e. The molecule has 2 saturated heterocycles. The first-order valence-corrected chi connectivity index (χ1v) is 16.3. The lowest BCUT2D eigenvalue weighted by atomic mass is 10.0. The molecule has 0 amide bonds. The minimum Gasteiger partial charge on any atom is -0.492 e. The van der Waals surface area contributed by atoms with Crippen LogP contribution >= 0.6 is 0 Å². The summed E-state index contributed by atoms with van der Waals surface area (Å²) in [5, 5.41) is 3.42. The molecule has 4 aromatic rings. The maximum absolute atomic E-state index is 13.2. The molecule has 4 heterocycles. The molecule has 0 atom stereocenters. The number of sulfonamides is 1. The van der Waals surface area contributed by atoms with E-state index in [1.807, 2.05) is 42.9 Å². The maximum Gasteiger partial charge on any atom is 0.295 e. The second kappa shape index (κ2) is 12.4. The molecule has 2 aromatic carbocycles. The number of nitrogens with zero attached hydrogens (tertiary/aromatic N) is 4. The van der Waals surface area contributed by atoms with Crippen molar-refractivity contribution < 1.29 is 22.3 Å². The Morgan fingerprint density at radius 2 is 1.62 bits per heavy atom. The highest BCUT2D eigenvalue weighted by molar-refractivity contribution is 7.89. The van der Waals surface area contributed by atoms with E-state index >= 15 is 0 Å². The van der Waals surface area contributed by atoms with Gasteiger partial charge in [-0.2, -0.15) is 9.29 Å². The molecule has 0 bridgehead atoms. The number of fused-ring (bicyclic) bond motifs is 1. The summed E-state index contributed by atoms with van der Waals surface area (Å²) in [4.78, 5) is 7.20. The highest BCUT2D eigenvalue weighted by atomic mass is 32.2. The molecule has 0 spiro atoms. The highest BCUT2D eigenvalue weighted by Gasteiger charge is 2.31. The predicted octanol–water partition coefficient (Wildman–Crippen LogP) is 5.28. The van der Waals surface area contributed by atoms with Crippen molar-refractivity contribution in [1.29, 1.82) is 0 Å². The van der Waals surface area contributed by atoms with Gasteiger partial charge in [0.2, 0.25) is 10.0 Å². The van der Waals surface area contributed by atoms with Crippen molar-refractivity contribution in [3.8, 4) is 17.2 Å². The second-order valence-corrected chi connectivity index (χ2v) is 12.7.